The van der Waals surface area contributed by atoms with E-state index in [1.807, 2.05) is 37.3 Å². The molecule has 6 nitrogen and oxygen atoms in total. The predicted octanol–water partition coefficient (Wildman–Crippen LogP) is 3.63. The van der Waals surface area contributed by atoms with E-state index in [0.717, 1.165) is 11.3 Å². The van der Waals surface area contributed by atoms with E-state index in [0.29, 0.717) is 29.4 Å². The van der Waals surface area contributed by atoms with Crippen molar-refractivity contribution >= 4 is 34.8 Å². The number of carbonyl (C=O) groups excluding carboxylic acids is 2. The number of anilines is 2. The zero-order valence-electron chi connectivity index (χ0n) is 15.3. The van der Waals surface area contributed by atoms with Crippen LogP contribution in [0.3, 0.4) is 0 Å². The molecule has 0 atom stereocenters. The van der Waals surface area contributed by atoms with Gasteiger partial charge in [0, 0.05) is 31.4 Å². The zero-order valence-corrected chi connectivity index (χ0v) is 16.0. The van der Waals surface area contributed by atoms with Crippen LogP contribution in [0, 0.1) is 11.3 Å². The van der Waals surface area contributed by atoms with E-state index in [-0.39, 0.29) is 18.4 Å². The first-order valence-electron chi connectivity index (χ1n) is 8.50. The number of benzene rings is 2. The van der Waals surface area contributed by atoms with Gasteiger partial charge in [0.25, 0.3) is 0 Å². The lowest BCUT2D eigenvalue weighted by atomic mass is 10.2. The molecular formula is C20H21ClN4O2. The minimum atomic E-state index is -0.236. The molecule has 2 amide bonds. The fraction of sp³-hybridized carbons (Fsp3) is 0.250. The molecule has 0 heterocycles. The minimum absolute atomic E-state index is 0.0244. The summed E-state index contributed by atoms with van der Waals surface area (Å²) in [6, 6.07) is 14.3. The Kier molecular flexibility index (Phi) is 7.21. The first-order chi connectivity index (χ1) is 12.9. The highest BCUT2D eigenvalue weighted by Crippen LogP contribution is 2.20. The van der Waals surface area contributed by atoms with Gasteiger partial charge in [0.15, 0.2) is 0 Å². The molecule has 140 valence electrons. The van der Waals surface area contributed by atoms with E-state index in [9.17, 15) is 9.59 Å². The third kappa shape index (κ3) is 6.01. The summed E-state index contributed by atoms with van der Waals surface area (Å²) in [6.07, 6.45) is 0. The van der Waals surface area contributed by atoms with E-state index in [1.165, 1.54) is 0 Å². The van der Waals surface area contributed by atoms with Gasteiger partial charge in [0.1, 0.15) is 6.07 Å². The molecule has 2 N–H and O–H groups in total. The summed E-state index contributed by atoms with van der Waals surface area (Å²) in [4.78, 5) is 25.4. The summed E-state index contributed by atoms with van der Waals surface area (Å²) in [7, 11) is 0. The Bertz CT molecular complexity index is 877. The van der Waals surface area contributed by atoms with Gasteiger partial charge in [-0.05, 0) is 42.8 Å². The normalized spacial score (nSPS) is 10.0. The summed E-state index contributed by atoms with van der Waals surface area (Å²) in [5.41, 5.74) is 2.66. The Hall–Kier alpha value is -3.04. The van der Waals surface area contributed by atoms with Crippen molar-refractivity contribution in [1.82, 2.24) is 4.90 Å². The molecule has 0 saturated heterocycles. The van der Waals surface area contributed by atoms with Crippen LogP contribution in [0.2, 0.25) is 5.02 Å². The SMILES string of the molecule is CCN(Cc1cccc(NCC(=O)Nc2ccc(C#N)c(Cl)c2)c1)C(C)=O. The van der Waals surface area contributed by atoms with E-state index < -0.39 is 0 Å². The van der Waals surface area contributed by atoms with Crippen LogP contribution in [0.5, 0.6) is 0 Å². The van der Waals surface area contributed by atoms with Crippen molar-refractivity contribution < 1.29 is 9.59 Å². The second-order valence-corrected chi connectivity index (χ2v) is 6.35. The molecule has 0 fully saturated rings. The van der Waals surface area contributed by atoms with Crippen LogP contribution in [-0.2, 0) is 16.1 Å². The van der Waals surface area contributed by atoms with Gasteiger partial charge in [-0.3, -0.25) is 9.59 Å². The van der Waals surface area contributed by atoms with Gasteiger partial charge < -0.3 is 15.5 Å². The van der Waals surface area contributed by atoms with Crippen LogP contribution < -0.4 is 10.6 Å². The van der Waals surface area contributed by atoms with Crippen molar-refractivity contribution in [2.45, 2.75) is 20.4 Å². The zero-order chi connectivity index (χ0) is 19.8. The summed E-state index contributed by atoms with van der Waals surface area (Å²) >= 11 is 5.96. The number of nitriles is 1. The standard InChI is InChI=1S/C20H21ClN4O2/c1-3-25(14(2)26)13-15-5-4-6-17(9-15)23-12-20(27)24-18-8-7-16(11-22)19(21)10-18/h4-10,23H,3,12-13H2,1-2H3,(H,24,27). The lowest BCUT2D eigenvalue weighted by Gasteiger charge is -2.19. The Balaban J connectivity index is 1.93. The Morgan fingerprint density at radius 1 is 1.19 bits per heavy atom. The van der Waals surface area contributed by atoms with Gasteiger partial charge in [0.2, 0.25) is 11.8 Å². The van der Waals surface area contributed by atoms with Crippen LogP contribution in [0.15, 0.2) is 42.5 Å². The van der Waals surface area contributed by atoms with Crippen molar-refractivity contribution in [2.24, 2.45) is 0 Å². The molecule has 27 heavy (non-hydrogen) atoms. The van der Waals surface area contributed by atoms with Gasteiger partial charge in [-0.25, -0.2) is 0 Å². The summed E-state index contributed by atoms with van der Waals surface area (Å²) in [6.45, 7) is 4.72. The molecule has 0 aromatic heterocycles. The fourth-order valence-electron chi connectivity index (χ4n) is 2.52. The molecule has 0 aliphatic rings. The van der Waals surface area contributed by atoms with Crippen LogP contribution in [0.25, 0.3) is 0 Å². The number of nitrogens with zero attached hydrogens (tertiary/aromatic N) is 2. The van der Waals surface area contributed by atoms with Crippen LogP contribution in [0.1, 0.15) is 25.0 Å². The highest BCUT2D eigenvalue weighted by atomic mass is 35.5. The van der Waals surface area contributed by atoms with Gasteiger partial charge in [-0.15, -0.1) is 0 Å². The molecule has 0 bridgehead atoms. The molecule has 2 rings (SSSR count). The van der Waals surface area contributed by atoms with Crippen molar-refractivity contribution in [3.63, 3.8) is 0 Å². The molecule has 0 saturated carbocycles. The molecule has 2 aromatic rings. The molecular weight excluding hydrogens is 364 g/mol. The molecule has 0 spiro atoms. The monoisotopic (exact) mass is 384 g/mol. The quantitative estimate of drug-likeness (QED) is 0.763. The average Bonchev–Trinajstić information content (AvgIpc) is 2.65. The highest BCUT2D eigenvalue weighted by Gasteiger charge is 2.08. The third-order valence-electron chi connectivity index (χ3n) is 3.95. The van der Waals surface area contributed by atoms with Crippen LogP contribution in [0.4, 0.5) is 11.4 Å². The lowest BCUT2D eigenvalue weighted by Crippen LogP contribution is -2.27. The first kappa shape index (κ1) is 20.3. The molecule has 2 aromatic carbocycles. The van der Waals surface area contributed by atoms with E-state index in [2.05, 4.69) is 10.6 Å². The van der Waals surface area contributed by atoms with Crippen LogP contribution >= 0.6 is 11.6 Å². The maximum absolute atomic E-state index is 12.1. The van der Waals surface area contributed by atoms with E-state index in [1.54, 1.807) is 30.0 Å². The Morgan fingerprint density at radius 3 is 2.59 bits per heavy atom. The van der Waals surface area contributed by atoms with Crippen molar-refractivity contribution in [3.8, 4) is 6.07 Å². The number of hydrogen-bond donors (Lipinski definition) is 2. The summed E-state index contributed by atoms with van der Waals surface area (Å²) in [5.74, 6) is -0.212. The number of carbonyl (C=O) groups is 2. The van der Waals surface area contributed by atoms with Gasteiger partial charge in [-0.1, -0.05) is 23.7 Å². The molecule has 0 aliphatic carbocycles. The molecule has 0 aliphatic heterocycles. The smallest absolute Gasteiger partial charge is 0.243 e. The van der Waals surface area contributed by atoms with E-state index >= 15 is 0 Å². The van der Waals surface area contributed by atoms with Gasteiger partial charge >= 0.3 is 0 Å². The molecule has 0 unspecified atom stereocenters. The number of halogens is 1. The first-order valence-corrected chi connectivity index (χ1v) is 8.88. The molecule has 0 radical (unpaired) electrons. The van der Waals surface area contributed by atoms with Gasteiger partial charge in [-0.2, -0.15) is 5.26 Å². The van der Waals surface area contributed by atoms with Crippen LogP contribution in [-0.4, -0.2) is 29.8 Å². The minimum Gasteiger partial charge on any atom is -0.376 e. The highest BCUT2D eigenvalue weighted by molar-refractivity contribution is 6.32. The topological polar surface area (TPSA) is 85.2 Å². The average molecular weight is 385 g/mol. The number of nitrogens with one attached hydrogen (secondary N) is 2. The Labute approximate surface area is 163 Å². The number of hydrogen-bond acceptors (Lipinski definition) is 4. The lowest BCUT2D eigenvalue weighted by molar-refractivity contribution is -0.129. The van der Waals surface area contributed by atoms with E-state index in [4.69, 9.17) is 16.9 Å². The second kappa shape index (κ2) is 9.60. The maximum atomic E-state index is 12.1. The van der Waals surface area contributed by atoms with Crippen molar-refractivity contribution in [2.75, 3.05) is 23.7 Å². The van der Waals surface area contributed by atoms with Gasteiger partial charge in [0.05, 0.1) is 17.1 Å². The maximum Gasteiger partial charge on any atom is 0.243 e. The number of amides is 2. The van der Waals surface area contributed by atoms with Crippen molar-refractivity contribution in [1.29, 1.82) is 5.26 Å². The largest absolute Gasteiger partial charge is 0.376 e. The predicted molar refractivity (Wildman–Crippen MR) is 106 cm³/mol. The second-order valence-electron chi connectivity index (χ2n) is 5.94. The third-order valence-corrected chi connectivity index (χ3v) is 4.27. The summed E-state index contributed by atoms with van der Waals surface area (Å²) in [5, 5.41) is 15.0. The molecule has 7 heteroatoms. The number of rotatable bonds is 7. The Morgan fingerprint density at radius 2 is 1.96 bits per heavy atom. The fourth-order valence-corrected chi connectivity index (χ4v) is 2.74. The summed E-state index contributed by atoms with van der Waals surface area (Å²) < 4.78 is 0. The van der Waals surface area contributed by atoms with Crippen molar-refractivity contribution in [3.05, 3.63) is 58.6 Å².